The maximum Gasteiger partial charge on any atom is 0.221 e. The number of carbonyl (C=O) groups is 1. The number of aromatic nitrogens is 3. The lowest BCUT2D eigenvalue weighted by atomic mass is 10.1. The fourth-order valence-corrected chi connectivity index (χ4v) is 2.39. The predicted octanol–water partition coefficient (Wildman–Crippen LogP) is 2.46. The standard InChI is InChI=1S/C16H16N4O/c1-12(21)19(2)16(13-8-4-3-5-9-13)20-15-11-7-6-10-14(15)17-18-20/h3-11,16H,1-2H3. The topological polar surface area (TPSA) is 51.0 Å². The molecular weight excluding hydrogens is 264 g/mol. The van der Waals surface area contributed by atoms with E-state index in [1.165, 1.54) is 0 Å². The lowest BCUT2D eigenvalue weighted by Gasteiger charge is -2.27. The molecular formula is C16H16N4O. The first-order chi connectivity index (χ1) is 10.2. The van der Waals surface area contributed by atoms with Crippen molar-refractivity contribution in [2.24, 2.45) is 0 Å². The van der Waals surface area contributed by atoms with Gasteiger partial charge in [0.2, 0.25) is 5.91 Å². The molecule has 1 atom stereocenters. The van der Waals surface area contributed by atoms with Crippen molar-refractivity contribution >= 4 is 16.9 Å². The van der Waals surface area contributed by atoms with E-state index < -0.39 is 0 Å². The van der Waals surface area contributed by atoms with E-state index in [9.17, 15) is 4.79 Å². The average Bonchev–Trinajstić information content (AvgIpc) is 2.93. The molecule has 5 heteroatoms. The van der Waals surface area contributed by atoms with Gasteiger partial charge in [-0.05, 0) is 17.7 Å². The molecule has 0 bridgehead atoms. The van der Waals surface area contributed by atoms with Gasteiger partial charge in [-0.25, -0.2) is 4.68 Å². The Labute approximate surface area is 122 Å². The highest BCUT2D eigenvalue weighted by molar-refractivity contribution is 5.76. The summed E-state index contributed by atoms with van der Waals surface area (Å²) in [6, 6.07) is 17.6. The van der Waals surface area contributed by atoms with Gasteiger partial charge in [-0.3, -0.25) is 4.79 Å². The zero-order valence-corrected chi connectivity index (χ0v) is 12.0. The second kappa shape index (κ2) is 5.36. The van der Waals surface area contributed by atoms with Crippen molar-refractivity contribution in [1.29, 1.82) is 0 Å². The molecule has 0 spiro atoms. The van der Waals surface area contributed by atoms with Gasteiger partial charge in [-0.1, -0.05) is 47.7 Å². The van der Waals surface area contributed by atoms with E-state index in [0.717, 1.165) is 16.6 Å². The van der Waals surface area contributed by atoms with Crippen molar-refractivity contribution in [2.45, 2.75) is 13.1 Å². The van der Waals surface area contributed by atoms with Crippen molar-refractivity contribution in [2.75, 3.05) is 7.05 Å². The minimum absolute atomic E-state index is 0.0246. The largest absolute Gasteiger partial charge is 0.320 e. The molecule has 0 aliphatic rings. The van der Waals surface area contributed by atoms with Gasteiger partial charge in [0.15, 0.2) is 6.17 Å². The first-order valence-corrected chi connectivity index (χ1v) is 6.77. The van der Waals surface area contributed by atoms with Crippen molar-refractivity contribution in [1.82, 2.24) is 19.9 Å². The van der Waals surface area contributed by atoms with Crippen LogP contribution in [-0.4, -0.2) is 32.8 Å². The average molecular weight is 280 g/mol. The summed E-state index contributed by atoms with van der Waals surface area (Å²) in [5.41, 5.74) is 2.71. The number of rotatable bonds is 3. The van der Waals surface area contributed by atoms with Crippen LogP contribution < -0.4 is 0 Å². The lowest BCUT2D eigenvalue weighted by Crippen LogP contribution is -2.34. The molecule has 0 aliphatic carbocycles. The minimum Gasteiger partial charge on any atom is -0.320 e. The molecule has 0 fully saturated rings. The molecule has 1 aromatic heterocycles. The van der Waals surface area contributed by atoms with Crippen LogP contribution in [0.3, 0.4) is 0 Å². The Balaban J connectivity index is 2.18. The number of hydrogen-bond donors (Lipinski definition) is 0. The smallest absolute Gasteiger partial charge is 0.221 e. The Morgan fingerprint density at radius 2 is 1.76 bits per heavy atom. The number of nitrogens with zero attached hydrogens (tertiary/aromatic N) is 4. The van der Waals surface area contributed by atoms with Crippen molar-refractivity contribution in [3.05, 3.63) is 60.2 Å². The summed E-state index contributed by atoms with van der Waals surface area (Å²) < 4.78 is 1.78. The van der Waals surface area contributed by atoms with Gasteiger partial charge in [-0.2, -0.15) is 0 Å². The monoisotopic (exact) mass is 280 g/mol. The van der Waals surface area contributed by atoms with E-state index >= 15 is 0 Å². The van der Waals surface area contributed by atoms with Gasteiger partial charge in [0.05, 0.1) is 5.52 Å². The summed E-state index contributed by atoms with van der Waals surface area (Å²) in [5, 5.41) is 8.43. The van der Waals surface area contributed by atoms with E-state index in [2.05, 4.69) is 10.3 Å². The first-order valence-electron chi connectivity index (χ1n) is 6.77. The van der Waals surface area contributed by atoms with Gasteiger partial charge in [0.1, 0.15) is 5.52 Å². The minimum atomic E-state index is -0.309. The molecule has 21 heavy (non-hydrogen) atoms. The van der Waals surface area contributed by atoms with Gasteiger partial charge < -0.3 is 4.90 Å². The quantitative estimate of drug-likeness (QED) is 0.740. The molecule has 0 saturated heterocycles. The molecule has 1 amide bonds. The van der Waals surface area contributed by atoms with Crippen LogP contribution in [-0.2, 0) is 4.79 Å². The van der Waals surface area contributed by atoms with E-state index in [4.69, 9.17) is 0 Å². The Hall–Kier alpha value is -2.69. The summed E-state index contributed by atoms with van der Waals surface area (Å²) in [6.07, 6.45) is -0.309. The lowest BCUT2D eigenvalue weighted by molar-refractivity contribution is -0.130. The van der Waals surface area contributed by atoms with Crippen LogP contribution in [0.25, 0.3) is 11.0 Å². The van der Waals surface area contributed by atoms with Crippen LogP contribution in [0.2, 0.25) is 0 Å². The normalized spacial score (nSPS) is 12.3. The highest BCUT2D eigenvalue weighted by atomic mass is 16.2. The molecule has 1 unspecified atom stereocenters. The number of para-hydroxylation sites is 1. The number of hydrogen-bond acceptors (Lipinski definition) is 3. The summed E-state index contributed by atoms with van der Waals surface area (Å²) in [7, 11) is 1.77. The fourth-order valence-electron chi connectivity index (χ4n) is 2.39. The van der Waals surface area contributed by atoms with Crippen LogP contribution >= 0.6 is 0 Å². The summed E-state index contributed by atoms with van der Waals surface area (Å²) >= 11 is 0. The molecule has 0 N–H and O–H groups in total. The number of carbonyl (C=O) groups excluding carboxylic acids is 1. The Morgan fingerprint density at radius 3 is 2.48 bits per heavy atom. The van der Waals surface area contributed by atoms with E-state index in [0.29, 0.717) is 0 Å². The SMILES string of the molecule is CC(=O)N(C)C(c1ccccc1)n1nnc2ccccc21. The number of fused-ring (bicyclic) bond motifs is 1. The molecule has 2 aromatic carbocycles. The first kappa shape index (κ1) is 13.3. The highest BCUT2D eigenvalue weighted by Gasteiger charge is 2.23. The molecule has 0 radical (unpaired) electrons. The second-order valence-corrected chi connectivity index (χ2v) is 4.94. The van der Waals surface area contributed by atoms with Crippen molar-refractivity contribution < 1.29 is 4.79 Å². The van der Waals surface area contributed by atoms with Crippen LogP contribution in [0.5, 0.6) is 0 Å². The van der Waals surface area contributed by atoms with E-state index in [1.54, 1.807) is 23.6 Å². The van der Waals surface area contributed by atoms with E-state index in [1.807, 2.05) is 54.6 Å². The third-order valence-corrected chi connectivity index (χ3v) is 3.57. The second-order valence-electron chi connectivity index (χ2n) is 4.94. The maximum atomic E-state index is 11.9. The third kappa shape index (κ3) is 2.38. The molecule has 106 valence electrons. The van der Waals surface area contributed by atoms with Crippen molar-refractivity contribution in [3.63, 3.8) is 0 Å². The van der Waals surface area contributed by atoms with Gasteiger partial charge in [0.25, 0.3) is 0 Å². The Morgan fingerprint density at radius 1 is 1.10 bits per heavy atom. The Bertz CT molecular complexity index is 766. The third-order valence-electron chi connectivity index (χ3n) is 3.57. The van der Waals surface area contributed by atoms with Crippen LogP contribution in [0.1, 0.15) is 18.7 Å². The summed E-state index contributed by atoms with van der Waals surface area (Å²) in [4.78, 5) is 13.5. The molecule has 0 aliphatic heterocycles. The van der Waals surface area contributed by atoms with Gasteiger partial charge in [-0.15, -0.1) is 5.10 Å². The van der Waals surface area contributed by atoms with Gasteiger partial charge in [0, 0.05) is 14.0 Å². The fraction of sp³-hybridized carbons (Fsp3) is 0.188. The van der Waals surface area contributed by atoms with E-state index in [-0.39, 0.29) is 12.1 Å². The summed E-state index contributed by atoms with van der Waals surface area (Å²) in [5.74, 6) is -0.0246. The van der Waals surface area contributed by atoms with Crippen LogP contribution in [0.4, 0.5) is 0 Å². The highest BCUT2D eigenvalue weighted by Crippen LogP contribution is 2.24. The zero-order chi connectivity index (χ0) is 14.8. The van der Waals surface area contributed by atoms with Crippen LogP contribution in [0, 0.1) is 0 Å². The molecule has 3 aromatic rings. The molecule has 0 saturated carbocycles. The van der Waals surface area contributed by atoms with Crippen LogP contribution in [0.15, 0.2) is 54.6 Å². The molecule has 5 nitrogen and oxygen atoms in total. The van der Waals surface area contributed by atoms with Crippen molar-refractivity contribution in [3.8, 4) is 0 Å². The maximum absolute atomic E-state index is 11.9. The summed E-state index contributed by atoms with van der Waals surface area (Å²) in [6.45, 7) is 1.55. The number of amides is 1. The zero-order valence-electron chi connectivity index (χ0n) is 12.0. The number of benzene rings is 2. The predicted molar refractivity (Wildman–Crippen MR) is 80.6 cm³/mol. The molecule has 1 heterocycles. The Kier molecular flexibility index (Phi) is 3.39. The van der Waals surface area contributed by atoms with Gasteiger partial charge >= 0.3 is 0 Å². The molecule has 3 rings (SSSR count).